The molecule has 3 nitrogen and oxygen atoms in total. The minimum atomic E-state index is -0.607. The van der Waals surface area contributed by atoms with Gasteiger partial charge in [-0.05, 0) is 32.2 Å². The van der Waals surface area contributed by atoms with Crippen LogP contribution in [0.1, 0.15) is 32.1 Å². The second kappa shape index (κ2) is 3.66. The van der Waals surface area contributed by atoms with Crippen LogP contribution in [0.4, 0.5) is 0 Å². The van der Waals surface area contributed by atoms with Crippen molar-refractivity contribution in [1.82, 2.24) is 4.90 Å². The van der Waals surface area contributed by atoms with E-state index in [4.69, 9.17) is 5.11 Å². The van der Waals surface area contributed by atoms with Gasteiger partial charge >= 0.3 is 5.97 Å². The van der Waals surface area contributed by atoms with Crippen molar-refractivity contribution in [2.24, 2.45) is 5.92 Å². The van der Waals surface area contributed by atoms with Crippen LogP contribution in [0, 0.1) is 5.92 Å². The number of hydrogen-bond donors (Lipinski definition) is 1. The Kier molecular flexibility index (Phi) is 2.54. The molecular formula is C10H17NO2. The molecule has 0 amide bonds. The van der Waals surface area contributed by atoms with Gasteiger partial charge in [-0.1, -0.05) is 6.42 Å². The van der Waals surface area contributed by atoms with Gasteiger partial charge < -0.3 is 5.11 Å². The average molecular weight is 183 g/mol. The maximum atomic E-state index is 10.8. The first-order valence-electron chi connectivity index (χ1n) is 5.24. The standard InChI is InChI=1S/C10H17NO2/c12-10(13)8-3-2-6-11(7-8)9-4-1-5-9/h8-9H,1-7H2,(H,12,13)/t8-/m1/s1. The van der Waals surface area contributed by atoms with E-state index in [1.165, 1.54) is 19.3 Å². The summed E-state index contributed by atoms with van der Waals surface area (Å²) in [5.74, 6) is -0.710. The zero-order valence-corrected chi connectivity index (χ0v) is 7.91. The smallest absolute Gasteiger partial charge is 0.307 e. The molecule has 13 heavy (non-hydrogen) atoms. The third-order valence-corrected chi connectivity index (χ3v) is 3.39. The number of aliphatic carboxylic acids is 1. The van der Waals surface area contributed by atoms with Crippen LogP contribution in [-0.4, -0.2) is 35.1 Å². The largest absolute Gasteiger partial charge is 0.481 e. The molecule has 2 fully saturated rings. The molecule has 74 valence electrons. The van der Waals surface area contributed by atoms with Crippen molar-refractivity contribution in [2.75, 3.05) is 13.1 Å². The Morgan fingerprint density at radius 1 is 1.23 bits per heavy atom. The molecule has 1 aliphatic carbocycles. The summed E-state index contributed by atoms with van der Waals surface area (Å²) < 4.78 is 0. The Labute approximate surface area is 78.7 Å². The summed E-state index contributed by atoms with van der Waals surface area (Å²) in [5, 5.41) is 8.90. The van der Waals surface area contributed by atoms with Gasteiger partial charge in [0.05, 0.1) is 5.92 Å². The fourth-order valence-corrected chi connectivity index (χ4v) is 2.29. The first kappa shape index (κ1) is 9.00. The number of carbonyl (C=O) groups is 1. The van der Waals surface area contributed by atoms with Crippen molar-refractivity contribution in [3.8, 4) is 0 Å². The molecule has 0 radical (unpaired) electrons. The number of piperidine rings is 1. The molecule has 2 rings (SSSR count). The fourth-order valence-electron chi connectivity index (χ4n) is 2.29. The van der Waals surface area contributed by atoms with Crippen molar-refractivity contribution >= 4 is 5.97 Å². The van der Waals surface area contributed by atoms with Crippen LogP contribution in [0.25, 0.3) is 0 Å². The number of rotatable bonds is 2. The normalized spacial score (nSPS) is 31.2. The molecule has 0 aromatic rings. The minimum absolute atomic E-state index is 0.102. The number of nitrogens with zero attached hydrogens (tertiary/aromatic N) is 1. The Bertz CT molecular complexity index is 201. The van der Waals surface area contributed by atoms with E-state index in [0.717, 1.165) is 25.9 Å². The van der Waals surface area contributed by atoms with E-state index in [2.05, 4.69) is 4.90 Å². The Morgan fingerprint density at radius 2 is 2.00 bits per heavy atom. The molecule has 0 aromatic heterocycles. The molecule has 2 aliphatic rings. The molecule has 1 saturated carbocycles. The van der Waals surface area contributed by atoms with Crippen LogP contribution in [-0.2, 0) is 4.79 Å². The van der Waals surface area contributed by atoms with Gasteiger partial charge in [0, 0.05) is 12.6 Å². The first-order chi connectivity index (χ1) is 6.27. The molecule has 1 atom stereocenters. The van der Waals surface area contributed by atoms with Crippen LogP contribution >= 0.6 is 0 Å². The summed E-state index contributed by atoms with van der Waals surface area (Å²) in [4.78, 5) is 13.2. The molecule has 1 saturated heterocycles. The summed E-state index contributed by atoms with van der Waals surface area (Å²) in [6.07, 6.45) is 5.84. The SMILES string of the molecule is O=C(O)[C@@H]1CCCN(C2CCC2)C1. The van der Waals surface area contributed by atoms with E-state index in [0.29, 0.717) is 6.04 Å². The summed E-state index contributed by atoms with van der Waals surface area (Å²) in [6, 6.07) is 0.710. The third-order valence-electron chi connectivity index (χ3n) is 3.39. The van der Waals surface area contributed by atoms with Crippen LogP contribution in [0.3, 0.4) is 0 Å². The first-order valence-corrected chi connectivity index (χ1v) is 5.24. The van der Waals surface area contributed by atoms with Gasteiger partial charge in [-0.15, -0.1) is 0 Å². The average Bonchev–Trinajstić information content (AvgIpc) is 2.01. The van der Waals surface area contributed by atoms with Crippen LogP contribution in [0.2, 0.25) is 0 Å². The zero-order valence-electron chi connectivity index (χ0n) is 7.91. The lowest BCUT2D eigenvalue weighted by Gasteiger charge is -2.41. The van der Waals surface area contributed by atoms with Crippen molar-refractivity contribution in [3.05, 3.63) is 0 Å². The minimum Gasteiger partial charge on any atom is -0.481 e. The quantitative estimate of drug-likeness (QED) is 0.702. The van der Waals surface area contributed by atoms with Crippen molar-refractivity contribution in [1.29, 1.82) is 0 Å². The summed E-state index contributed by atoms with van der Waals surface area (Å²) >= 11 is 0. The Morgan fingerprint density at radius 3 is 2.54 bits per heavy atom. The molecule has 0 spiro atoms. The second-order valence-corrected chi connectivity index (χ2v) is 4.26. The molecule has 3 heteroatoms. The highest BCUT2D eigenvalue weighted by Gasteiger charge is 2.31. The van der Waals surface area contributed by atoms with E-state index in [1.807, 2.05) is 0 Å². The van der Waals surface area contributed by atoms with Gasteiger partial charge in [-0.3, -0.25) is 9.69 Å². The highest BCUT2D eigenvalue weighted by Crippen LogP contribution is 2.28. The predicted octanol–water partition coefficient (Wildman–Crippen LogP) is 1.34. The number of likely N-dealkylation sites (tertiary alicyclic amines) is 1. The topological polar surface area (TPSA) is 40.5 Å². The summed E-state index contributed by atoms with van der Waals surface area (Å²) in [6.45, 7) is 1.91. The van der Waals surface area contributed by atoms with Crippen LogP contribution < -0.4 is 0 Å². The molecular weight excluding hydrogens is 166 g/mol. The molecule has 1 N–H and O–H groups in total. The summed E-state index contributed by atoms with van der Waals surface area (Å²) in [5.41, 5.74) is 0. The molecule has 0 aromatic carbocycles. The van der Waals surface area contributed by atoms with Crippen LogP contribution in [0.5, 0.6) is 0 Å². The van der Waals surface area contributed by atoms with Gasteiger partial charge in [0.15, 0.2) is 0 Å². The van der Waals surface area contributed by atoms with Gasteiger partial charge in [0.2, 0.25) is 0 Å². The van der Waals surface area contributed by atoms with Gasteiger partial charge in [0.1, 0.15) is 0 Å². The lowest BCUT2D eigenvalue weighted by molar-refractivity contribution is -0.144. The molecule has 1 aliphatic heterocycles. The highest BCUT2D eigenvalue weighted by molar-refractivity contribution is 5.70. The zero-order chi connectivity index (χ0) is 9.26. The van der Waals surface area contributed by atoms with Crippen molar-refractivity contribution in [2.45, 2.75) is 38.1 Å². The van der Waals surface area contributed by atoms with Crippen molar-refractivity contribution in [3.63, 3.8) is 0 Å². The predicted molar refractivity (Wildman–Crippen MR) is 49.6 cm³/mol. The number of hydrogen-bond acceptors (Lipinski definition) is 2. The van der Waals surface area contributed by atoms with E-state index in [1.54, 1.807) is 0 Å². The third kappa shape index (κ3) is 1.85. The van der Waals surface area contributed by atoms with E-state index < -0.39 is 5.97 Å². The fraction of sp³-hybridized carbons (Fsp3) is 0.900. The maximum Gasteiger partial charge on any atom is 0.307 e. The van der Waals surface area contributed by atoms with Crippen molar-refractivity contribution < 1.29 is 9.90 Å². The lowest BCUT2D eigenvalue weighted by Crippen LogP contribution is -2.47. The lowest BCUT2D eigenvalue weighted by atomic mass is 9.88. The second-order valence-electron chi connectivity index (χ2n) is 4.26. The number of carboxylic acid groups (broad SMARTS) is 1. The number of carboxylic acids is 1. The van der Waals surface area contributed by atoms with Gasteiger partial charge in [-0.2, -0.15) is 0 Å². The van der Waals surface area contributed by atoms with E-state index in [-0.39, 0.29) is 5.92 Å². The molecule has 1 heterocycles. The van der Waals surface area contributed by atoms with Crippen LogP contribution in [0.15, 0.2) is 0 Å². The van der Waals surface area contributed by atoms with E-state index >= 15 is 0 Å². The van der Waals surface area contributed by atoms with Gasteiger partial charge in [0.25, 0.3) is 0 Å². The van der Waals surface area contributed by atoms with E-state index in [9.17, 15) is 4.79 Å². The molecule has 0 bridgehead atoms. The maximum absolute atomic E-state index is 10.8. The highest BCUT2D eigenvalue weighted by atomic mass is 16.4. The Balaban J connectivity index is 1.87. The van der Waals surface area contributed by atoms with Gasteiger partial charge in [-0.25, -0.2) is 0 Å². The monoisotopic (exact) mass is 183 g/mol. The summed E-state index contributed by atoms with van der Waals surface area (Å²) in [7, 11) is 0. The molecule has 0 unspecified atom stereocenters. The Hall–Kier alpha value is -0.570.